The summed E-state index contributed by atoms with van der Waals surface area (Å²) in [6.07, 6.45) is 3.92. The van der Waals surface area contributed by atoms with Crippen molar-refractivity contribution in [3.63, 3.8) is 0 Å². The van der Waals surface area contributed by atoms with Crippen LogP contribution in [-0.2, 0) is 13.1 Å². The third kappa shape index (κ3) is 3.46. The Morgan fingerprint density at radius 2 is 2.15 bits per heavy atom. The summed E-state index contributed by atoms with van der Waals surface area (Å²) in [5, 5.41) is 12.2. The molecule has 0 atom stereocenters. The third-order valence-corrected chi connectivity index (χ3v) is 3.08. The third-order valence-electron chi connectivity index (χ3n) is 3.08. The van der Waals surface area contributed by atoms with Gasteiger partial charge in [-0.2, -0.15) is 5.26 Å². The minimum absolute atomic E-state index is 0.0938. The number of hydrogen-bond acceptors (Lipinski definition) is 2. The van der Waals surface area contributed by atoms with Crippen molar-refractivity contribution in [2.45, 2.75) is 33.0 Å². The summed E-state index contributed by atoms with van der Waals surface area (Å²) in [6.45, 7) is 5.42. The number of hydrogen-bond donors (Lipinski definition) is 1. The summed E-state index contributed by atoms with van der Waals surface area (Å²) >= 11 is 0. The highest BCUT2D eigenvalue weighted by molar-refractivity contribution is 5.35. The molecule has 1 aromatic heterocycles. The van der Waals surface area contributed by atoms with Crippen LogP contribution in [0.4, 0.5) is 4.39 Å². The summed E-state index contributed by atoms with van der Waals surface area (Å²) in [5.74, 6) is -0.425. The van der Waals surface area contributed by atoms with Gasteiger partial charge in [0, 0.05) is 37.1 Å². The molecule has 2 rings (SSSR count). The van der Waals surface area contributed by atoms with Gasteiger partial charge in [-0.25, -0.2) is 4.39 Å². The van der Waals surface area contributed by atoms with Crippen molar-refractivity contribution in [3.05, 3.63) is 59.2 Å². The number of halogens is 1. The average molecular weight is 271 g/mol. The van der Waals surface area contributed by atoms with Crippen LogP contribution in [0.25, 0.3) is 0 Å². The fourth-order valence-electron chi connectivity index (χ4n) is 2.00. The van der Waals surface area contributed by atoms with Crippen LogP contribution in [0.2, 0.25) is 0 Å². The maximum atomic E-state index is 14.0. The molecule has 0 radical (unpaired) electrons. The van der Waals surface area contributed by atoms with E-state index in [9.17, 15) is 4.39 Å². The molecule has 4 heteroatoms. The van der Waals surface area contributed by atoms with E-state index < -0.39 is 5.82 Å². The van der Waals surface area contributed by atoms with E-state index in [1.807, 2.05) is 29.1 Å². The predicted octanol–water partition coefficient (Wildman–Crippen LogP) is 3.05. The lowest BCUT2D eigenvalue weighted by molar-refractivity contribution is 0.586. The summed E-state index contributed by atoms with van der Waals surface area (Å²) in [7, 11) is 0. The van der Waals surface area contributed by atoms with Crippen LogP contribution in [0.3, 0.4) is 0 Å². The van der Waals surface area contributed by atoms with E-state index in [1.54, 1.807) is 12.1 Å². The second-order valence-corrected chi connectivity index (χ2v) is 5.12. The Kier molecular flexibility index (Phi) is 4.54. The van der Waals surface area contributed by atoms with Gasteiger partial charge in [-0.15, -0.1) is 0 Å². The minimum atomic E-state index is -0.425. The van der Waals surface area contributed by atoms with E-state index in [0.29, 0.717) is 18.2 Å². The molecule has 0 unspecified atom stereocenters. The summed E-state index contributed by atoms with van der Waals surface area (Å²) < 4.78 is 15.9. The zero-order valence-corrected chi connectivity index (χ0v) is 11.7. The molecule has 0 amide bonds. The Morgan fingerprint density at radius 3 is 2.85 bits per heavy atom. The molecule has 0 bridgehead atoms. The Morgan fingerprint density at radius 1 is 1.35 bits per heavy atom. The van der Waals surface area contributed by atoms with Gasteiger partial charge in [-0.1, -0.05) is 26.0 Å². The largest absolute Gasteiger partial charge is 0.349 e. The number of rotatable bonds is 5. The van der Waals surface area contributed by atoms with Crippen LogP contribution in [0.1, 0.15) is 30.5 Å². The smallest absolute Gasteiger partial charge is 0.145 e. The lowest BCUT2D eigenvalue weighted by atomic mass is 10.1. The van der Waals surface area contributed by atoms with Gasteiger partial charge in [0.25, 0.3) is 0 Å². The van der Waals surface area contributed by atoms with E-state index in [2.05, 4.69) is 19.2 Å². The molecule has 1 aromatic carbocycles. The van der Waals surface area contributed by atoms with Crippen LogP contribution in [0, 0.1) is 17.1 Å². The molecule has 0 saturated carbocycles. The Bertz CT molecular complexity index is 623. The SMILES string of the molecule is CC(C)NCc1ccn(Cc2cccc(C#N)c2F)c1. The van der Waals surface area contributed by atoms with E-state index in [0.717, 1.165) is 12.1 Å². The zero-order valence-electron chi connectivity index (χ0n) is 11.7. The van der Waals surface area contributed by atoms with Crippen molar-refractivity contribution in [2.75, 3.05) is 0 Å². The average Bonchev–Trinajstić information content (AvgIpc) is 2.86. The molecular weight excluding hydrogens is 253 g/mol. The van der Waals surface area contributed by atoms with Gasteiger partial charge in [0.05, 0.1) is 5.56 Å². The first-order chi connectivity index (χ1) is 9.60. The number of nitrogens with zero attached hydrogens (tertiary/aromatic N) is 2. The Balaban J connectivity index is 2.09. The van der Waals surface area contributed by atoms with Crippen LogP contribution in [0.15, 0.2) is 36.7 Å². The normalized spacial score (nSPS) is 10.8. The van der Waals surface area contributed by atoms with Gasteiger partial charge in [-0.05, 0) is 17.7 Å². The summed E-state index contributed by atoms with van der Waals surface area (Å²) in [5.41, 5.74) is 1.79. The Hall–Kier alpha value is -2.12. The fraction of sp³-hybridized carbons (Fsp3) is 0.312. The second kappa shape index (κ2) is 6.36. The molecule has 0 aliphatic carbocycles. The molecule has 3 nitrogen and oxygen atoms in total. The molecule has 1 heterocycles. The molecule has 0 spiro atoms. The molecule has 2 aromatic rings. The first kappa shape index (κ1) is 14.3. The maximum absolute atomic E-state index is 14.0. The molecule has 0 fully saturated rings. The van der Waals surface area contributed by atoms with Crippen LogP contribution >= 0.6 is 0 Å². The highest BCUT2D eigenvalue weighted by Crippen LogP contribution is 2.14. The van der Waals surface area contributed by atoms with E-state index >= 15 is 0 Å². The van der Waals surface area contributed by atoms with Crippen molar-refractivity contribution in [2.24, 2.45) is 0 Å². The van der Waals surface area contributed by atoms with Gasteiger partial charge in [0.2, 0.25) is 0 Å². The first-order valence-electron chi connectivity index (χ1n) is 6.65. The lowest BCUT2D eigenvalue weighted by Gasteiger charge is -2.07. The first-order valence-corrected chi connectivity index (χ1v) is 6.65. The summed E-state index contributed by atoms with van der Waals surface area (Å²) in [6, 6.07) is 9.23. The van der Waals surface area contributed by atoms with Crippen molar-refractivity contribution in [1.29, 1.82) is 5.26 Å². The Labute approximate surface area is 118 Å². The molecule has 1 N–H and O–H groups in total. The van der Waals surface area contributed by atoms with Gasteiger partial charge in [0.15, 0.2) is 0 Å². The molecule has 20 heavy (non-hydrogen) atoms. The van der Waals surface area contributed by atoms with Gasteiger partial charge >= 0.3 is 0 Å². The van der Waals surface area contributed by atoms with Gasteiger partial charge in [-0.3, -0.25) is 0 Å². The van der Waals surface area contributed by atoms with Crippen molar-refractivity contribution < 1.29 is 4.39 Å². The number of nitriles is 1. The van der Waals surface area contributed by atoms with E-state index in [1.165, 1.54) is 6.07 Å². The van der Waals surface area contributed by atoms with E-state index in [-0.39, 0.29) is 5.56 Å². The molecule has 0 aliphatic heterocycles. The van der Waals surface area contributed by atoms with E-state index in [4.69, 9.17) is 5.26 Å². The standard InChI is InChI=1S/C16H18FN3/c1-12(2)19-9-13-6-7-20(10-13)11-15-5-3-4-14(8-18)16(15)17/h3-7,10,12,19H,9,11H2,1-2H3. The van der Waals surface area contributed by atoms with Crippen LogP contribution < -0.4 is 5.32 Å². The van der Waals surface area contributed by atoms with Crippen LogP contribution in [0.5, 0.6) is 0 Å². The fourth-order valence-corrected chi connectivity index (χ4v) is 2.00. The van der Waals surface area contributed by atoms with Gasteiger partial charge < -0.3 is 9.88 Å². The summed E-state index contributed by atoms with van der Waals surface area (Å²) in [4.78, 5) is 0. The zero-order chi connectivity index (χ0) is 14.5. The monoisotopic (exact) mass is 271 g/mol. The number of benzene rings is 1. The van der Waals surface area contributed by atoms with Crippen LogP contribution in [-0.4, -0.2) is 10.6 Å². The second-order valence-electron chi connectivity index (χ2n) is 5.12. The lowest BCUT2D eigenvalue weighted by Crippen LogP contribution is -2.21. The molecule has 0 saturated heterocycles. The number of nitrogens with one attached hydrogen (secondary N) is 1. The minimum Gasteiger partial charge on any atom is -0.349 e. The molecular formula is C16H18FN3. The quantitative estimate of drug-likeness (QED) is 0.908. The van der Waals surface area contributed by atoms with Gasteiger partial charge in [0.1, 0.15) is 11.9 Å². The predicted molar refractivity (Wildman–Crippen MR) is 76.6 cm³/mol. The highest BCUT2D eigenvalue weighted by Gasteiger charge is 2.08. The number of aromatic nitrogens is 1. The molecule has 0 aliphatic rings. The van der Waals surface area contributed by atoms with Crippen molar-refractivity contribution in [3.8, 4) is 6.07 Å². The topological polar surface area (TPSA) is 40.8 Å². The molecule has 104 valence electrons. The maximum Gasteiger partial charge on any atom is 0.145 e. The van der Waals surface area contributed by atoms with Crippen molar-refractivity contribution >= 4 is 0 Å². The van der Waals surface area contributed by atoms with Crippen molar-refractivity contribution in [1.82, 2.24) is 9.88 Å². The highest BCUT2D eigenvalue weighted by atomic mass is 19.1.